The molecule has 0 aliphatic heterocycles. The number of nitrogens with zero attached hydrogens (tertiary/aromatic N) is 4. The van der Waals surface area contributed by atoms with Crippen LogP contribution in [0.4, 0.5) is 5.82 Å². The Balaban J connectivity index is 1.71. The van der Waals surface area contributed by atoms with E-state index in [1.807, 2.05) is 48.1 Å². The van der Waals surface area contributed by atoms with Gasteiger partial charge in [0.1, 0.15) is 22.3 Å². The van der Waals surface area contributed by atoms with E-state index in [-0.39, 0.29) is 31.2 Å². The summed E-state index contributed by atoms with van der Waals surface area (Å²) in [7, 11) is 3.44. The zero-order valence-corrected chi connectivity index (χ0v) is 20.5. The number of amides is 1. The molecule has 3 N–H and O–H groups in total. The zero-order chi connectivity index (χ0) is 24.4. The monoisotopic (exact) mass is 492 g/mol. The first-order chi connectivity index (χ1) is 17.1. The summed E-state index contributed by atoms with van der Waals surface area (Å²) in [6.45, 7) is 0.300. The van der Waals surface area contributed by atoms with Crippen molar-refractivity contribution in [1.29, 1.82) is 0 Å². The van der Waals surface area contributed by atoms with Crippen molar-refractivity contribution < 1.29 is 14.6 Å². The van der Waals surface area contributed by atoms with Crippen LogP contribution in [0.25, 0.3) is 33.0 Å². The largest absolute Gasteiger partial charge is 0.396 e. The summed E-state index contributed by atoms with van der Waals surface area (Å²) in [6, 6.07) is 10.0. The lowest BCUT2D eigenvalue weighted by atomic mass is 10.0. The average Bonchev–Trinajstić information content (AvgIpc) is 3.61. The molecular formula is C25H28N6O3S. The van der Waals surface area contributed by atoms with E-state index in [1.165, 1.54) is 18.4 Å². The Morgan fingerprint density at radius 1 is 1.26 bits per heavy atom. The van der Waals surface area contributed by atoms with Crippen molar-refractivity contribution in [3.8, 4) is 22.8 Å². The van der Waals surface area contributed by atoms with Gasteiger partial charge in [0, 0.05) is 44.8 Å². The van der Waals surface area contributed by atoms with Crippen LogP contribution >= 0.6 is 11.3 Å². The number of imidazole rings is 1. The number of methoxy groups -OCH3 is 1. The van der Waals surface area contributed by atoms with Gasteiger partial charge in [-0.25, -0.2) is 15.0 Å². The highest BCUT2D eigenvalue weighted by molar-refractivity contribution is 7.21. The van der Waals surface area contributed by atoms with Crippen LogP contribution < -0.4 is 10.6 Å². The number of anilines is 1. The minimum atomic E-state index is -0.223. The fourth-order valence-electron chi connectivity index (χ4n) is 4.61. The van der Waals surface area contributed by atoms with Crippen LogP contribution in [-0.2, 0) is 11.8 Å². The third-order valence-corrected chi connectivity index (χ3v) is 7.44. The van der Waals surface area contributed by atoms with E-state index < -0.39 is 0 Å². The Morgan fingerprint density at radius 3 is 2.77 bits per heavy atom. The van der Waals surface area contributed by atoms with E-state index in [0.29, 0.717) is 27.2 Å². The molecule has 4 aromatic rings. The number of nitrogens with one attached hydrogen (secondary N) is 2. The molecule has 3 heterocycles. The molecule has 35 heavy (non-hydrogen) atoms. The van der Waals surface area contributed by atoms with Crippen LogP contribution in [-0.4, -0.2) is 57.0 Å². The summed E-state index contributed by atoms with van der Waals surface area (Å²) in [5.41, 5.74) is 1.71. The maximum atomic E-state index is 13.2. The topological polar surface area (TPSA) is 114 Å². The predicted molar refractivity (Wildman–Crippen MR) is 136 cm³/mol. The molecule has 0 bridgehead atoms. The van der Waals surface area contributed by atoms with Gasteiger partial charge in [0.05, 0.1) is 5.39 Å². The van der Waals surface area contributed by atoms with E-state index in [9.17, 15) is 9.90 Å². The Morgan fingerprint density at radius 2 is 2.09 bits per heavy atom. The Kier molecular flexibility index (Phi) is 6.76. The third kappa shape index (κ3) is 4.64. The number of carbonyl (C=O) groups excluding carboxylic acids is 1. The van der Waals surface area contributed by atoms with Crippen molar-refractivity contribution in [3.63, 3.8) is 0 Å². The molecule has 1 amide bonds. The molecule has 182 valence electrons. The van der Waals surface area contributed by atoms with Crippen LogP contribution in [0.1, 0.15) is 28.9 Å². The zero-order valence-electron chi connectivity index (χ0n) is 19.7. The Labute approximate surface area is 207 Å². The number of ether oxygens (including phenoxy) is 1. The van der Waals surface area contributed by atoms with Crippen LogP contribution in [0.15, 0.2) is 42.7 Å². The van der Waals surface area contributed by atoms with E-state index in [4.69, 9.17) is 14.7 Å². The van der Waals surface area contributed by atoms with Gasteiger partial charge >= 0.3 is 0 Å². The summed E-state index contributed by atoms with van der Waals surface area (Å²) in [5.74, 6) is 1.88. The van der Waals surface area contributed by atoms with E-state index in [0.717, 1.165) is 35.8 Å². The van der Waals surface area contributed by atoms with E-state index in [2.05, 4.69) is 15.6 Å². The molecule has 0 saturated heterocycles. The number of hydrogen-bond donors (Lipinski definition) is 3. The molecule has 3 aromatic heterocycles. The highest BCUT2D eigenvalue weighted by atomic mass is 32.1. The molecule has 5 rings (SSSR count). The lowest BCUT2D eigenvalue weighted by Crippen LogP contribution is -2.25. The van der Waals surface area contributed by atoms with Gasteiger partial charge in [0.25, 0.3) is 5.91 Å². The summed E-state index contributed by atoms with van der Waals surface area (Å²) >= 11 is 1.34. The number of aliphatic hydroxyl groups is 1. The van der Waals surface area contributed by atoms with Gasteiger partial charge in [-0.15, -0.1) is 11.3 Å². The van der Waals surface area contributed by atoms with Crippen molar-refractivity contribution in [2.24, 2.45) is 13.0 Å². The first-order valence-electron chi connectivity index (χ1n) is 11.6. The quantitative estimate of drug-likeness (QED) is 0.322. The standard InChI is InChI=1S/C25H28N6O3S/c1-31-11-10-26-23(31)22-29-21(28-17-9-8-15(12-17)13-32)19-18(16-6-4-3-5-7-16)20(35-25(19)30-22)24(33)27-14-34-2/h3-7,10-11,15,17,32H,8-9,12-14H2,1-2H3,(H,27,33)(H,28,29,30)/t15-,17+/m0/s1. The molecule has 9 nitrogen and oxygen atoms in total. The van der Waals surface area contributed by atoms with Crippen molar-refractivity contribution in [3.05, 3.63) is 47.6 Å². The minimum Gasteiger partial charge on any atom is -0.396 e. The first-order valence-corrected chi connectivity index (χ1v) is 12.4. The third-order valence-electron chi connectivity index (χ3n) is 6.36. The molecule has 1 saturated carbocycles. The van der Waals surface area contributed by atoms with Gasteiger partial charge in [-0.05, 0) is 30.7 Å². The fourth-order valence-corrected chi connectivity index (χ4v) is 5.72. The second-order valence-electron chi connectivity index (χ2n) is 8.75. The van der Waals surface area contributed by atoms with E-state index in [1.54, 1.807) is 6.20 Å². The number of hydrogen-bond acceptors (Lipinski definition) is 8. The van der Waals surface area contributed by atoms with Gasteiger partial charge in [-0.1, -0.05) is 30.3 Å². The van der Waals surface area contributed by atoms with Gasteiger partial charge in [-0.3, -0.25) is 4.79 Å². The summed E-state index contributed by atoms with van der Waals surface area (Å²) < 4.78 is 6.94. The summed E-state index contributed by atoms with van der Waals surface area (Å²) in [4.78, 5) is 28.6. The number of thiophene rings is 1. The number of carbonyl (C=O) groups is 1. The molecule has 10 heteroatoms. The molecule has 1 aliphatic carbocycles. The van der Waals surface area contributed by atoms with Crippen LogP contribution in [0.2, 0.25) is 0 Å². The lowest BCUT2D eigenvalue weighted by molar-refractivity contribution is 0.0877. The fraction of sp³-hybridized carbons (Fsp3) is 0.360. The second-order valence-corrected chi connectivity index (χ2v) is 9.75. The summed E-state index contributed by atoms with van der Waals surface area (Å²) in [5, 5.41) is 16.9. The minimum absolute atomic E-state index is 0.112. The molecule has 1 aliphatic rings. The maximum absolute atomic E-state index is 13.2. The molecule has 0 spiro atoms. The normalized spacial score (nSPS) is 17.7. The smallest absolute Gasteiger partial charge is 0.263 e. The highest BCUT2D eigenvalue weighted by Gasteiger charge is 2.29. The van der Waals surface area contributed by atoms with Crippen molar-refractivity contribution in [1.82, 2.24) is 24.8 Å². The van der Waals surface area contributed by atoms with Crippen molar-refractivity contribution >= 4 is 33.3 Å². The molecule has 1 aromatic carbocycles. The van der Waals surface area contributed by atoms with Crippen molar-refractivity contribution in [2.45, 2.75) is 25.3 Å². The van der Waals surface area contributed by atoms with Crippen LogP contribution in [0.3, 0.4) is 0 Å². The molecule has 0 unspecified atom stereocenters. The van der Waals surface area contributed by atoms with Gasteiger partial charge in [-0.2, -0.15) is 0 Å². The van der Waals surface area contributed by atoms with E-state index >= 15 is 0 Å². The van der Waals surface area contributed by atoms with Gasteiger partial charge in [0.15, 0.2) is 11.6 Å². The number of rotatable bonds is 8. The molecule has 0 radical (unpaired) electrons. The molecule has 2 atom stereocenters. The Bertz CT molecular complexity index is 1340. The van der Waals surface area contributed by atoms with Gasteiger partial charge in [0.2, 0.25) is 0 Å². The Hall–Kier alpha value is -3.34. The maximum Gasteiger partial charge on any atom is 0.263 e. The second kappa shape index (κ2) is 10.1. The number of aryl methyl sites for hydroxylation is 1. The molecular weight excluding hydrogens is 464 g/mol. The summed E-state index contributed by atoms with van der Waals surface area (Å²) in [6.07, 6.45) is 6.35. The predicted octanol–water partition coefficient (Wildman–Crippen LogP) is 3.67. The average molecular weight is 493 g/mol. The number of aliphatic hydroxyl groups excluding tert-OH is 1. The molecule has 1 fully saturated rings. The van der Waals surface area contributed by atoms with Gasteiger partial charge < -0.3 is 25.0 Å². The first kappa shape index (κ1) is 23.4. The highest BCUT2D eigenvalue weighted by Crippen LogP contribution is 2.43. The number of aromatic nitrogens is 4. The lowest BCUT2D eigenvalue weighted by Gasteiger charge is -2.16. The SMILES string of the molecule is COCNC(=O)c1sc2nc(-c3nccn3C)nc(N[C@@H]3CC[C@H](CO)C3)c2c1-c1ccccc1. The van der Waals surface area contributed by atoms with Crippen LogP contribution in [0.5, 0.6) is 0 Å². The van der Waals surface area contributed by atoms with Crippen LogP contribution in [0, 0.1) is 5.92 Å². The number of benzene rings is 1. The number of fused-ring (bicyclic) bond motifs is 1. The van der Waals surface area contributed by atoms with Crippen molar-refractivity contribution in [2.75, 3.05) is 25.8 Å².